The van der Waals surface area contributed by atoms with Gasteiger partial charge in [0, 0.05) is 44.3 Å². The Morgan fingerprint density at radius 2 is 1.50 bits per heavy atom. The molecule has 5 rings (SSSR count). The molecule has 154 valence electrons. The highest BCUT2D eigenvalue weighted by atomic mass is 16.5. The minimum Gasteiger partial charge on any atom is -0.465 e. The first-order valence-corrected chi connectivity index (χ1v) is 10.7. The zero-order valence-electron chi connectivity index (χ0n) is 16.9. The van der Waals surface area contributed by atoms with Crippen molar-refractivity contribution in [3.8, 4) is 5.75 Å². The first-order chi connectivity index (χ1) is 14.7. The van der Waals surface area contributed by atoms with Gasteiger partial charge >= 0.3 is 0 Å². The molecule has 30 heavy (non-hydrogen) atoms. The lowest BCUT2D eigenvalue weighted by molar-refractivity contribution is 0.00604. The lowest BCUT2D eigenvalue weighted by atomic mass is 9.98. The van der Waals surface area contributed by atoms with Crippen LogP contribution in [0.25, 0.3) is 0 Å². The number of hydrogen-bond donors (Lipinski definition) is 0. The molecule has 0 atom stereocenters. The maximum atomic E-state index is 12.4. The van der Waals surface area contributed by atoms with E-state index in [2.05, 4.69) is 4.90 Å². The van der Waals surface area contributed by atoms with Crippen LogP contribution in [0, 0.1) is 0 Å². The van der Waals surface area contributed by atoms with Crippen LogP contribution >= 0.6 is 0 Å². The number of piperidine rings is 1. The lowest BCUT2D eigenvalue weighted by Gasteiger charge is -2.40. The first kappa shape index (κ1) is 19.0. The van der Waals surface area contributed by atoms with Crippen LogP contribution in [-0.4, -0.2) is 59.7 Å². The van der Waals surface area contributed by atoms with Gasteiger partial charge in [-0.25, -0.2) is 4.99 Å². The third kappa shape index (κ3) is 3.41. The molecular weight excluding hydrogens is 378 g/mol. The molecule has 1 saturated heterocycles. The van der Waals surface area contributed by atoms with Gasteiger partial charge in [-0.3, -0.25) is 14.5 Å². The number of aliphatic imine (C=N–C) groups is 1. The van der Waals surface area contributed by atoms with E-state index < -0.39 is 5.72 Å². The van der Waals surface area contributed by atoms with Gasteiger partial charge in [-0.15, -0.1) is 0 Å². The topological polar surface area (TPSA) is 62.2 Å². The van der Waals surface area contributed by atoms with Crippen LogP contribution in [0.3, 0.4) is 0 Å². The number of carbonyl (C=O) groups is 2. The fourth-order valence-electron chi connectivity index (χ4n) is 4.50. The molecule has 2 amide bonds. The third-order valence-electron chi connectivity index (χ3n) is 6.28. The van der Waals surface area contributed by atoms with Gasteiger partial charge < -0.3 is 9.64 Å². The third-order valence-corrected chi connectivity index (χ3v) is 6.28. The molecule has 0 aromatic heterocycles. The Bertz CT molecular complexity index is 973. The summed E-state index contributed by atoms with van der Waals surface area (Å²) in [5, 5.41) is 0. The fraction of sp³-hybridized carbons (Fsp3) is 0.375. The van der Waals surface area contributed by atoms with Crippen molar-refractivity contribution in [2.75, 3.05) is 26.2 Å². The van der Waals surface area contributed by atoms with Crippen molar-refractivity contribution in [3.63, 3.8) is 0 Å². The summed E-state index contributed by atoms with van der Waals surface area (Å²) in [6.45, 7) is 3.31. The van der Waals surface area contributed by atoms with Crippen LogP contribution < -0.4 is 4.74 Å². The van der Waals surface area contributed by atoms with Gasteiger partial charge in [0.05, 0.1) is 11.1 Å². The zero-order valence-corrected chi connectivity index (χ0v) is 16.9. The normalized spacial score (nSPS) is 19.7. The number of ether oxygens (including phenoxy) is 1. The van der Waals surface area contributed by atoms with Gasteiger partial charge in [-0.05, 0) is 43.7 Å². The Labute approximate surface area is 176 Å². The van der Waals surface area contributed by atoms with Gasteiger partial charge in [0.15, 0.2) is 0 Å². The van der Waals surface area contributed by atoms with E-state index in [4.69, 9.17) is 9.73 Å². The maximum absolute atomic E-state index is 12.4. The summed E-state index contributed by atoms with van der Waals surface area (Å²) in [4.78, 5) is 33.4. The summed E-state index contributed by atoms with van der Waals surface area (Å²) in [6.07, 6.45) is 5.45. The molecule has 3 heterocycles. The number of likely N-dealkylation sites (tertiary alicyclic amines) is 1. The number of amides is 2. The highest BCUT2D eigenvalue weighted by molar-refractivity contribution is 6.21. The van der Waals surface area contributed by atoms with Gasteiger partial charge in [-0.1, -0.05) is 24.3 Å². The van der Waals surface area contributed by atoms with E-state index in [1.165, 1.54) is 4.90 Å². The standard InChI is InChI=1S/C24H25N3O3/c28-22-19-8-2-3-9-20(19)23(29)27(22)14-6-5-13-26-15-11-24(12-16-26)25-17-18-7-1-4-10-21(18)30-24/h1-4,7-10,17H,5-6,11-16H2. The quantitative estimate of drug-likeness (QED) is 0.567. The average Bonchev–Trinajstić information content (AvgIpc) is 3.03. The number of carbonyl (C=O) groups excluding carboxylic acids is 2. The number of benzene rings is 2. The van der Waals surface area contributed by atoms with Gasteiger partial charge in [0.2, 0.25) is 5.72 Å². The Kier molecular flexibility index (Phi) is 4.87. The Morgan fingerprint density at radius 3 is 2.23 bits per heavy atom. The number of imide groups is 1. The second kappa shape index (κ2) is 7.69. The highest BCUT2D eigenvalue weighted by Gasteiger charge is 2.38. The van der Waals surface area contributed by atoms with E-state index in [1.54, 1.807) is 24.3 Å². The molecule has 6 heteroatoms. The monoisotopic (exact) mass is 403 g/mol. The summed E-state index contributed by atoms with van der Waals surface area (Å²) in [5.74, 6) is 0.591. The second-order valence-corrected chi connectivity index (χ2v) is 8.20. The van der Waals surface area contributed by atoms with Crippen LogP contribution in [0.4, 0.5) is 0 Å². The van der Waals surface area contributed by atoms with Crippen LogP contribution in [-0.2, 0) is 0 Å². The summed E-state index contributed by atoms with van der Waals surface area (Å²) in [7, 11) is 0. The Morgan fingerprint density at radius 1 is 0.867 bits per heavy atom. The summed E-state index contributed by atoms with van der Waals surface area (Å²) in [5.41, 5.74) is 1.67. The second-order valence-electron chi connectivity index (χ2n) is 8.20. The zero-order chi connectivity index (χ0) is 20.6. The molecule has 3 aliphatic rings. The Balaban J connectivity index is 1.08. The molecule has 0 unspecified atom stereocenters. The molecule has 6 nitrogen and oxygen atoms in total. The molecule has 0 radical (unpaired) electrons. The maximum Gasteiger partial charge on any atom is 0.261 e. The van der Waals surface area contributed by atoms with Gasteiger partial charge in [0.25, 0.3) is 11.8 Å². The highest BCUT2D eigenvalue weighted by Crippen LogP contribution is 2.34. The predicted octanol–water partition coefficient (Wildman–Crippen LogP) is 3.37. The molecule has 0 aliphatic carbocycles. The van der Waals surface area contributed by atoms with Crippen LogP contribution in [0.15, 0.2) is 53.5 Å². The van der Waals surface area contributed by atoms with E-state index in [0.717, 1.165) is 56.6 Å². The van der Waals surface area contributed by atoms with Crippen molar-refractivity contribution >= 4 is 18.0 Å². The van der Waals surface area contributed by atoms with Crippen LogP contribution in [0.2, 0.25) is 0 Å². The predicted molar refractivity (Wildman–Crippen MR) is 114 cm³/mol. The molecule has 1 fully saturated rings. The molecule has 0 bridgehead atoms. The molecule has 0 N–H and O–H groups in total. The Hall–Kier alpha value is -2.99. The largest absolute Gasteiger partial charge is 0.465 e. The number of fused-ring (bicyclic) bond motifs is 2. The van der Waals surface area contributed by atoms with Gasteiger partial charge in [-0.2, -0.15) is 0 Å². The van der Waals surface area contributed by atoms with Crippen molar-refractivity contribution in [1.82, 2.24) is 9.80 Å². The van der Waals surface area contributed by atoms with E-state index in [0.29, 0.717) is 17.7 Å². The first-order valence-electron chi connectivity index (χ1n) is 10.7. The molecule has 3 aliphatic heterocycles. The summed E-state index contributed by atoms with van der Waals surface area (Å²) < 4.78 is 6.25. The van der Waals surface area contributed by atoms with Crippen LogP contribution in [0.1, 0.15) is 52.0 Å². The van der Waals surface area contributed by atoms with Crippen molar-refractivity contribution in [2.24, 2.45) is 4.99 Å². The molecule has 1 spiro atoms. The smallest absolute Gasteiger partial charge is 0.261 e. The molecule has 2 aromatic rings. The average molecular weight is 403 g/mol. The van der Waals surface area contributed by atoms with Crippen molar-refractivity contribution < 1.29 is 14.3 Å². The molecular formula is C24H25N3O3. The fourth-order valence-corrected chi connectivity index (χ4v) is 4.50. The van der Waals surface area contributed by atoms with E-state index >= 15 is 0 Å². The van der Waals surface area contributed by atoms with Crippen LogP contribution in [0.5, 0.6) is 5.75 Å². The van der Waals surface area contributed by atoms with Gasteiger partial charge in [0.1, 0.15) is 5.75 Å². The summed E-state index contributed by atoms with van der Waals surface area (Å²) in [6, 6.07) is 15.1. The minimum absolute atomic E-state index is 0.164. The number of rotatable bonds is 5. The minimum atomic E-state index is -0.426. The molecule has 2 aromatic carbocycles. The van der Waals surface area contributed by atoms with Crippen molar-refractivity contribution in [2.45, 2.75) is 31.4 Å². The van der Waals surface area contributed by atoms with E-state index in [1.807, 2.05) is 30.5 Å². The number of nitrogens with zero attached hydrogens (tertiary/aromatic N) is 3. The number of para-hydroxylation sites is 1. The van der Waals surface area contributed by atoms with Crippen molar-refractivity contribution in [1.29, 1.82) is 0 Å². The lowest BCUT2D eigenvalue weighted by Crippen LogP contribution is -2.48. The van der Waals surface area contributed by atoms with E-state index in [-0.39, 0.29) is 11.8 Å². The summed E-state index contributed by atoms with van der Waals surface area (Å²) >= 11 is 0. The number of unbranched alkanes of at least 4 members (excludes halogenated alkanes) is 1. The van der Waals surface area contributed by atoms with E-state index in [9.17, 15) is 9.59 Å². The SMILES string of the molecule is O=C1c2ccccc2C(=O)N1CCCCN1CCC2(CC1)N=Cc1ccccc1O2. The number of hydrogen-bond acceptors (Lipinski definition) is 5. The van der Waals surface area contributed by atoms with Crippen molar-refractivity contribution in [3.05, 3.63) is 65.2 Å². The molecule has 0 saturated carbocycles.